The molecule has 2 rings (SSSR count). The van der Waals surface area contributed by atoms with Gasteiger partial charge in [-0.05, 0) is 23.3 Å². The summed E-state index contributed by atoms with van der Waals surface area (Å²) in [7, 11) is 1.56. The molecule has 2 nitrogen and oxygen atoms in total. The van der Waals surface area contributed by atoms with Gasteiger partial charge in [-0.15, -0.1) is 0 Å². The molecule has 19 heavy (non-hydrogen) atoms. The van der Waals surface area contributed by atoms with Crippen molar-refractivity contribution in [2.75, 3.05) is 7.11 Å². The summed E-state index contributed by atoms with van der Waals surface area (Å²) in [6.07, 6.45) is -0.774. The standard InChI is InChI=1S/C16H17FO2/c1-19-16(13-7-3-2-4-8-13)15(18)11-12-6-5-9-14(17)10-12/h2-10,15-16,18H,11H2,1H3. The van der Waals surface area contributed by atoms with Crippen molar-refractivity contribution in [3.8, 4) is 0 Å². The van der Waals surface area contributed by atoms with Crippen LogP contribution < -0.4 is 0 Å². The second-order valence-corrected chi connectivity index (χ2v) is 4.47. The molecule has 0 bridgehead atoms. The van der Waals surface area contributed by atoms with Crippen LogP contribution in [0, 0.1) is 5.82 Å². The van der Waals surface area contributed by atoms with Crippen molar-refractivity contribution in [3.05, 3.63) is 71.5 Å². The molecule has 2 aromatic carbocycles. The third-order valence-corrected chi connectivity index (χ3v) is 3.07. The van der Waals surface area contributed by atoms with Crippen LogP contribution in [0.15, 0.2) is 54.6 Å². The predicted octanol–water partition coefficient (Wildman–Crippen LogP) is 3.12. The molecule has 1 N–H and O–H groups in total. The number of hydrogen-bond donors (Lipinski definition) is 1. The molecule has 3 heteroatoms. The molecular formula is C16H17FO2. The fourth-order valence-corrected chi connectivity index (χ4v) is 2.17. The van der Waals surface area contributed by atoms with Crippen LogP contribution in [0.1, 0.15) is 17.2 Å². The summed E-state index contributed by atoms with van der Waals surface area (Å²) in [5, 5.41) is 10.3. The maximum absolute atomic E-state index is 13.1. The average molecular weight is 260 g/mol. The molecule has 2 unspecified atom stereocenters. The van der Waals surface area contributed by atoms with Crippen LogP contribution in [-0.2, 0) is 11.2 Å². The second-order valence-electron chi connectivity index (χ2n) is 4.47. The maximum Gasteiger partial charge on any atom is 0.123 e. The van der Waals surface area contributed by atoms with Crippen LogP contribution in [0.3, 0.4) is 0 Å². The lowest BCUT2D eigenvalue weighted by Crippen LogP contribution is -2.22. The predicted molar refractivity (Wildman–Crippen MR) is 72.3 cm³/mol. The number of rotatable bonds is 5. The first-order valence-electron chi connectivity index (χ1n) is 6.21. The zero-order chi connectivity index (χ0) is 13.7. The van der Waals surface area contributed by atoms with Gasteiger partial charge in [0.2, 0.25) is 0 Å². The van der Waals surface area contributed by atoms with Crippen molar-refractivity contribution in [1.29, 1.82) is 0 Å². The SMILES string of the molecule is COC(c1ccccc1)C(O)Cc1cccc(F)c1. The topological polar surface area (TPSA) is 29.5 Å². The van der Waals surface area contributed by atoms with Crippen molar-refractivity contribution in [3.63, 3.8) is 0 Å². The van der Waals surface area contributed by atoms with Gasteiger partial charge >= 0.3 is 0 Å². The molecule has 0 spiro atoms. The van der Waals surface area contributed by atoms with Gasteiger partial charge in [0, 0.05) is 13.5 Å². The average Bonchev–Trinajstić information content (AvgIpc) is 2.41. The van der Waals surface area contributed by atoms with E-state index in [0.29, 0.717) is 6.42 Å². The Balaban J connectivity index is 2.11. The summed E-state index contributed by atoms with van der Waals surface area (Å²) < 4.78 is 18.5. The molecule has 0 aromatic heterocycles. The summed E-state index contributed by atoms with van der Waals surface area (Å²) >= 11 is 0. The number of ether oxygens (including phenoxy) is 1. The third-order valence-electron chi connectivity index (χ3n) is 3.07. The van der Waals surface area contributed by atoms with Gasteiger partial charge in [-0.2, -0.15) is 0 Å². The number of methoxy groups -OCH3 is 1. The van der Waals surface area contributed by atoms with Crippen LogP contribution in [-0.4, -0.2) is 18.3 Å². The Morgan fingerprint density at radius 1 is 1.11 bits per heavy atom. The molecule has 0 aliphatic carbocycles. The first kappa shape index (κ1) is 13.7. The van der Waals surface area contributed by atoms with E-state index in [9.17, 15) is 9.50 Å². The highest BCUT2D eigenvalue weighted by atomic mass is 19.1. The Kier molecular flexibility index (Phi) is 4.66. The number of hydrogen-bond acceptors (Lipinski definition) is 2. The molecule has 0 amide bonds. The molecule has 100 valence electrons. The highest BCUT2D eigenvalue weighted by molar-refractivity contribution is 5.21. The van der Waals surface area contributed by atoms with Gasteiger partial charge in [0.05, 0.1) is 6.10 Å². The van der Waals surface area contributed by atoms with Gasteiger partial charge in [0.15, 0.2) is 0 Å². The first-order chi connectivity index (χ1) is 9.20. The molecule has 0 saturated carbocycles. The number of aliphatic hydroxyl groups excluding tert-OH is 1. The Morgan fingerprint density at radius 3 is 2.47 bits per heavy atom. The number of benzene rings is 2. The molecule has 0 aliphatic heterocycles. The molecule has 0 aliphatic rings. The fourth-order valence-electron chi connectivity index (χ4n) is 2.17. The minimum absolute atomic E-state index is 0.293. The van der Waals surface area contributed by atoms with E-state index < -0.39 is 12.2 Å². The molecule has 0 saturated heterocycles. The van der Waals surface area contributed by atoms with E-state index >= 15 is 0 Å². The van der Waals surface area contributed by atoms with Gasteiger partial charge in [-0.1, -0.05) is 42.5 Å². The van der Waals surface area contributed by atoms with Crippen LogP contribution in [0.25, 0.3) is 0 Å². The van der Waals surface area contributed by atoms with Crippen molar-refractivity contribution < 1.29 is 14.2 Å². The van der Waals surface area contributed by atoms with Gasteiger partial charge < -0.3 is 9.84 Å². The molecular weight excluding hydrogens is 243 g/mol. The summed E-state index contributed by atoms with van der Waals surface area (Å²) in [5.41, 5.74) is 1.67. The zero-order valence-electron chi connectivity index (χ0n) is 10.8. The van der Waals surface area contributed by atoms with E-state index in [1.807, 2.05) is 30.3 Å². The van der Waals surface area contributed by atoms with Gasteiger partial charge in [0.25, 0.3) is 0 Å². The molecule has 2 aromatic rings. The van der Waals surface area contributed by atoms with E-state index in [4.69, 9.17) is 4.74 Å². The Hall–Kier alpha value is -1.71. The quantitative estimate of drug-likeness (QED) is 0.895. The lowest BCUT2D eigenvalue weighted by atomic mass is 9.98. The van der Waals surface area contributed by atoms with E-state index in [1.54, 1.807) is 19.2 Å². The first-order valence-corrected chi connectivity index (χ1v) is 6.21. The molecule has 0 heterocycles. The Bertz CT molecular complexity index is 513. The van der Waals surface area contributed by atoms with Crippen molar-refractivity contribution in [2.24, 2.45) is 0 Å². The highest BCUT2D eigenvalue weighted by Crippen LogP contribution is 2.23. The largest absolute Gasteiger partial charge is 0.390 e. The summed E-state index contributed by atoms with van der Waals surface area (Å²) in [5.74, 6) is -0.293. The van der Waals surface area contributed by atoms with E-state index in [1.165, 1.54) is 12.1 Å². The third kappa shape index (κ3) is 3.63. The van der Waals surface area contributed by atoms with Crippen LogP contribution in [0.2, 0.25) is 0 Å². The fraction of sp³-hybridized carbons (Fsp3) is 0.250. The molecule has 2 atom stereocenters. The Labute approximate surface area is 112 Å². The lowest BCUT2D eigenvalue weighted by molar-refractivity contribution is -0.0128. The van der Waals surface area contributed by atoms with Crippen molar-refractivity contribution in [1.82, 2.24) is 0 Å². The minimum atomic E-state index is -0.714. The maximum atomic E-state index is 13.1. The highest BCUT2D eigenvalue weighted by Gasteiger charge is 2.20. The van der Waals surface area contributed by atoms with E-state index in [-0.39, 0.29) is 5.82 Å². The minimum Gasteiger partial charge on any atom is -0.390 e. The number of halogens is 1. The lowest BCUT2D eigenvalue weighted by Gasteiger charge is -2.22. The summed E-state index contributed by atoms with van der Waals surface area (Å²) in [4.78, 5) is 0. The second kappa shape index (κ2) is 6.45. The monoisotopic (exact) mass is 260 g/mol. The van der Waals surface area contributed by atoms with E-state index in [0.717, 1.165) is 11.1 Å². The summed E-state index contributed by atoms with van der Waals surface area (Å²) in [6, 6.07) is 15.8. The number of aliphatic hydroxyl groups is 1. The van der Waals surface area contributed by atoms with E-state index in [2.05, 4.69) is 0 Å². The molecule has 0 fully saturated rings. The van der Waals surface area contributed by atoms with Gasteiger partial charge in [0.1, 0.15) is 11.9 Å². The van der Waals surface area contributed by atoms with Crippen molar-refractivity contribution >= 4 is 0 Å². The van der Waals surface area contributed by atoms with Crippen molar-refractivity contribution in [2.45, 2.75) is 18.6 Å². The van der Waals surface area contributed by atoms with Gasteiger partial charge in [-0.3, -0.25) is 0 Å². The smallest absolute Gasteiger partial charge is 0.123 e. The normalized spacial score (nSPS) is 14.1. The van der Waals surface area contributed by atoms with Crippen LogP contribution in [0.4, 0.5) is 4.39 Å². The molecule has 0 radical (unpaired) electrons. The zero-order valence-corrected chi connectivity index (χ0v) is 10.8. The van der Waals surface area contributed by atoms with Crippen LogP contribution >= 0.6 is 0 Å². The van der Waals surface area contributed by atoms with Gasteiger partial charge in [-0.25, -0.2) is 4.39 Å². The Morgan fingerprint density at radius 2 is 1.84 bits per heavy atom. The van der Waals surface area contributed by atoms with Crippen LogP contribution in [0.5, 0.6) is 0 Å². The summed E-state index contributed by atoms with van der Waals surface area (Å²) in [6.45, 7) is 0.